The molecule has 7 nitrogen and oxygen atoms in total. The fraction of sp³-hybridized carbons (Fsp3) is 0.800. The molecule has 2 heterocycles. The lowest BCUT2D eigenvalue weighted by Gasteiger charge is -2.38. The predicted octanol–water partition coefficient (Wildman–Crippen LogP) is -1.21. The highest BCUT2D eigenvalue weighted by Gasteiger charge is 2.54. The van der Waals surface area contributed by atoms with Gasteiger partial charge in [-0.2, -0.15) is 0 Å². The Kier molecular flexibility index (Phi) is 4.66. The third-order valence-corrected chi connectivity index (χ3v) is 4.66. The summed E-state index contributed by atoms with van der Waals surface area (Å²) in [6, 6.07) is -0.158. The summed E-state index contributed by atoms with van der Waals surface area (Å²) >= 11 is 0. The van der Waals surface area contributed by atoms with Gasteiger partial charge in [0, 0.05) is 13.1 Å². The lowest BCUT2D eigenvalue weighted by atomic mass is 9.81. The summed E-state index contributed by atoms with van der Waals surface area (Å²) < 4.78 is 5.12. The van der Waals surface area contributed by atoms with E-state index in [4.69, 9.17) is 4.74 Å². The van der Waals surface area contributed by atoms with Crippen molar-refractivity contribution in [2.45, 2.75) is 56.6 Å². The molecule has 0 aromatic rings. The van der Waals surface area contributed by atoms with E-state index in [9.17, 15) is 25.2 Å². The van der Waals surface area contributed by atoms with Crippen molar-refractivity contribution in [2.24, 2.45) is 0 Å². The molecule has 0 aromatic carbocycles. The van der Waals surface area contributed by atoms with Crippen LogP contribution in [-0.4, -0.2) is 80.4 Å². The van der Waals surface area contributed by atoms with E-state index >= 15 is 0 Å². The summed E-state index contributed by atoms with van der Waals surface area (Å²) in [6.07, 6.45) is 0.590. The third kappa shape index (κ3) is 2.79. The van der Waals surface area contributed by atoms with E-state index in [1.54, 1.807) is 0 Å². The van der Waals surface area contributed by atoms with Gasteiger partial charge in [0.25, 0.3) is 0 Å². The maximum Gasteiger partial charge on any atom is 0.344 e. The Balaban J connectivity index is 2.03. The molecule has 0 saturated carbocycles. The van der Waals surface area contributed by atoms with Crippen LogP contribution in [-0.2, 0) is 9.53 Å². The van der Waals surface area contributed by atoms with Crippen LogP contribution in [0.2, 0.25) is 0 Å². The summed E-state index contributed by atoms with van der Waals surface area (Å²) in [4.78, 5) is 14.3. The van der Waals surface area contributed by atoms with Crippen molar-refractivity contribution < 1.29 is 30.0 Å². The van der Waals surface area contributed by atoms with Crippen molar-refractivity contribution in [1.29, 1.82) is 0 Å². The maximum atomic E-state index is 12.2. The van der Waals surface area contributed by atoms with Gasteiger partial charge in [0.05, 0.1) is 18.2 Å². The number of fused-ring (bicyclic) bond motifs is 1. The predicted molar refractivity (Wildman–Crippen MR) is 78.0 cm³/mol. The van der Waals surface area contributed by atoms with Crippen molar-refractivity contribution in [3.8, 4) is 0 Å². The van der Waals surface area contributed by atoms with E-state index in [0.29, 0.717) is 13.0 Å². The van der Waals surface area contributed by atoms with Crippen molar-refractivity contribution in [1.82, 2.24) is 4.90 Å². The Bertz CT molecular complexity index is 469. The smallest absolute Gasteiger partial charge is 0.344 e. The van der Waals surface area contributed by atoms with Crippen LogP contribution in [0.5, 0.6) is 0 Å². The number of aliphatic hydroxyl groups is 4. The third-order valence-electron chi connectivity index (χ3n) is 4.66. The average molecular weight is 315 g/mol. The van der Waals surface area contributed by atoms with E-state index in [0.717, 1.165) is 12.1 Å². The number of carbonyl (C=O) groups is 1. The van der Waals surface area contributed by atoms with Crippen LogP contribution in [0.1, 0.15) is 27.2 Å². The summed E-state index contributed by atoms with van der Waals surface area (Å²) in [5.74, 6) is -1.08. The number of hydrogen-bond donors (Lipinski definition) is 4. The molecular formula is C15H25NO6. The molecule has 0 aliphatic carbocycles. The lowest BCUT2D eigenvalue weighted by molar-refractivity contribution is -0.213. The van der Waals surface area contributed by atoms with Crippen LogP contribution in [0, 0.1) is 0 Å². The Morgan fingerprint density at radius 2 is 2.14 bits per heavy atom. The number of ether oxygens (including phenoxy) is 1. The van der Waals surface area contributed by atoms with Crippen molar-refractivity contribution >= 4 is 5.97 Å². The monoisotopic (exact) mass is 315 g/mol. The SMILES string of the molecule is CC(O)C(O)(C(=O)OCC1=CCN2CCC(O)C12)C(C)(C)O. The summed E-state index contributed by atoms with van der Waals surface area (Å²) in [7, 11) is 0. The van der Waals surface area contributed by atoms with E-state index in [1.807, 2.05) is 6.08 Å². The van der Waals surface area contributed by atoms with E-state index in [-0.39, 0.29) is 12.6 Å². The normalized spacial score (nSPS) is 29.7. The number of nitrogens with zero attached hydrogens (tertiary/aromatic N) is 1. The molecule has 2 aliphatic rings. The van der Waals surface area contributed by atoms with Gasteiger partial charge in [-0.05, 0) is 32.8 Å². The first-order valence-electron chi connectivity index (χ1n) is 7.50. The highest BCUT2D eigenvalue weighted by atomic mass is 16.6. The number of carbonyl (C=O) groups excluding carboxylic acids is 1. The molecule has 2 aliphatic heterocycles. The van der Waals surface area contributed by atoms with Gasteiger partial charge in [0.2, 0.25) is 5.60 Å². The highest BCUT2D eigenvalue weighted by molar-refractivity contribution is 5.82. The first-order valence-corrected chi connectivity index (χ1v) is 7.50. The first kappa shape index (κ1) is 17.4. The van der Waals surface area contributed by atoms with Gasteiger partial charge in [-0.3, -0.25) is 4.90 Å². The second-order valence-electron chi connectivity index (χ2n) is 6.65. The standard InChI is InChI=1S/C15H25NO6/c1-9(17)15(21,14(2,3)20)13(19)22-8-10-4-6-16-7-5-11(18)12(10)16/h4,9,11-12,17-18,20-21H,5-8H2,1-3H3. The Morgan fingerprint density at radius 3 is 2.68 bits per heavy atom. The van der Waals surface area contributed by atoms with Gasteiger partial charge >= 0.3 is 5.97 Å². The summed E-state index contributed by atoms with van der Waals surface area (Å²) in [6.45, 7) is 5.09. The van der Waals surface area contributed by atoms with Crippen LogP contribution in [0.4, 0.5) is 0 Å². The molecule has 4 N–H and O–H groups in total. The quantitative estimate of drug-likeness (QED) is 0.372. The Labute approximate surface area is 129 Å². The highest BCUT2D eigenvalue weighted by Crippen LogP contribution is 2.31. The molecule has 7 heteroatoms. The van der Waals surface area contributed by atoms with Crippen molar-refractivity contribution in [3.63, 3.8) is 0 Å². The van der Waals surface area contributed by atoms with Crippen molar-refractivity contribution in [2.75, 3.05) is 19.7 Å². The molecule has 0 spiro atoms. The second kappa shape index (κ2) is 5.90. The van der Waals surface area contributed by atoms with Crippen LogP contribution in [0.25, 0.3) is 0 Å². The minimum atomic E-state index is -2.42. The van der Waals surface area contributed by atoms with Gasteiger partial charge in [-0.1, -0.05) is 6.08 Å². The zero-order valence-corrected chi connectivity index (χ0v) is 13.2. The van der Waals surface area contributed by atoms with Crippen molar-refractivity contribution in [3.05, 3.63) is 11.6 Å². The zero-order valence-electron chi connectivity index (χ0n) is 13.2. The van der Waals surface area contributed by atoms with Crippen LogP contribution in [0.3, 0.4) is 0 Å². The molecule has 0 bridgehead atoms. The van der Waals surface area contributed by atoms with Crippen LogP contribution in [0.15, 0.2) is 11.6 Å². The van der Waals surface area contributed by atoms with E-state index in [2.05, 4.69) is 4.90 Å². The zero-order chi connectivity index (χ0) is 16.7. The molecule has 1 saturated heterocycles. The number of esters is 1. The largest absolute Gasteiger partial charge is 0.459 e. The first-order chi connectivity index (χ1) is 10.1. The summed E-state index contributed by atoms with van der Waals surface area (Å²) in [5, 5.41) is 40.0. The molecule has 2 rings (SSSR count). The Morgan fingerprint density at radius 1 is 1.50 bits per heavy atom. The minimum absolute atomic E-state index is 0.0812. The van der Waals surface area contributed by atoms with E-state index in [1.165, 1.54) is 20.8 Å². The van der Waals surface area contributed by atoms with Gasteiger partial charge < -0.3 is 25.2 Å². The number of rotatable bonds is 5. The molecule has 0 radical (unpaired) electrons. The lowest BCUT2D eigenvalue weighted by Crippen LogP contribution is -2.63. The van der Waals surface area contributed by atoms with Gasteiger partial charge in [-0.15, -0.1) is 0 Å². The molecule has 0 amide bonds. The van der Waals surface area contributed by atoms with Crippen LogP contribution < -0.4 is 0 Å². The second-order valence-corrected chi connectivity index (χ2v) is 6.65. The Hall–Kier alpha value is -0.990. The number of aliphatic hydroxyl groups excluding tert-OH is 2. The molecule has 1 fully saturated rings. The molecule has 126 valence electrons. The van der Waals surface area contributed by atoms with Crippen LogP contribution >= 0.6 is 0 Å². The fourth-order valence-electron chi connectivity index (χ4n) is 3.21. The molecule has 4 atom stereocenters. The minimum Gasteiger partial charge on any atom is -0.459 e. The maximum absolute atomic E-state index is 12.2. The van der Waals surface area contributed by atoms with Gasteiger partial charge in [0.15, 0.2) is 0 Å². The molecular weight excluding hydrogens is 290 g/mol. The fourth-order valence-corrected chi connectivity index (χ4v) is 3.21. The summed E-state index contributed by atoms with van der Waals surface area (Å²) in [5.41, 5.74) is -3.50. The van der Waals surface area contributed by atoms with Gasteiger partial charge in [-0.25, -0.2) is 4.79 Å². The molecule has 4 unspecified atom stereocenters. The number of hydrogen-bond acceptors (Lipinski definition) is 7. The van der Waals surface area contributed by atoms with E-state index < -0.39 is 29.4 Å². The molecule has 22 heavy (non-hydrogen) atoms. The average Bonchev–Trinajstić information content (AvgIpc) is 2.97. The topological polar surface area (TPSA) is 110 Å². The molecule has 0 aromatic heterocycles. The van der Waals surface area contributed by atoms with Gasteiger partial charge in [0.1, 0.15) is 12.2 Å².